The number of anilines is 1. The minimum Gasteiger partial charge on any atom is -0.496 e. The zero-order valence-corrected chi connectivity index (χ0v) is 15.0. The van der Waals surface area contributed by atoms with Crippen LogP contribution < -0.4 is 14.8 Å². The summed E-state index contributed by atoms with van der Waals surface area (Å²) in [5.41, 5.74) is 0.922. The van der Waals surface area contributed by atoms with Crippen LogP contribution in [0.1, 0.15) is 10.4 Å². The van der Waals surface area contributed by atoms with Gasteiger partial charge in [-0.1, -0.05) is 11.6 Å². The fourth-order valence-electron chi connectivity index (χ4n) is 1.96. The van der Waals surface area contributed by atoms with Gasteiger partial charge in [0.1, 0.15) is 11.5 Å². The number of halogens is 1. The molecule has 6 nitrogen and oxygen atoms in total. The molecule has 0 atom stereocenters. The monoisotopic (exact) mass is 362 g/mol. The van der Waals surface area contributed by atoms with Crippen LogP contribution in [0, 0.1) is 0 Å². The molecule has 2 aromatic carbocycles. The number of ether oxygens (including phenoxy) is 2. The van der Waals surface area contributed by atoms with Crippen LogP contribution in [0.25, 0.3) is 0 Å². The highest BCUT2D eigenvalue weighted by molar-refractivity contribution is 6.31. The number of carbonyl (C=O) groups is 2. The maximum Gasteiger partial charge on any atom is 0.259 e. The van der Waals surface area contributed by atoms with Crippen molar-refractivity contribution in [1.82, 2.24) is 4.90 Å². The summed E-state index contributed by atoms with van der Waals surface area (Å²) in [4.78, 5) is 25.3. The van der Waals surface area contributed by atoms with Crippen LogP contribution in [0.2, 0.25) is 5.02 Å². The third kappa shape index (κ3) is 5.12. The van der Waals surface area contributed by atoms with E-state index in [9.17, 15) is 9.59 Å². The topological polar surface area (TPSA) is 67.9 Å². The summed E-state index contributed by atoms with van der Waals surface area (Å²) in [6.45, 7) is -0.0432. The quantitative estimate of drug-likeness (QED) is 0.857. The predicted octanol–water partition coefficient (Wildman–Crippen LogP) is 3.07. The molecular formula is C18H19ClN2O4. The van der Waals surface area contributed by atoms with E-state index in [-0.39, 0.29) is 18.4 Å². The molecule has 2 amide bonds. The van der Waals surface area contributed by atoms with Gasteiger partial charge in [0, 0.05) is 24.8 Å². The van der Waals surface area contributed by atoms with Crippen LogP contribution in [0.3, 0.4) is 0 Å². The van der Waals surface area contributed by atoms with Gasteiger partial charge in [-0.05, 0) is 42.5 Å². The highest BCUT2D eigenvalue weighted by atomic mass is 35.5. The second-order valence-electron chi connectivity index (χ2n) is 5.40. The van der Waals surface area contributed by atoms with Crippen molar-refractivity contribution in [2.75, 3.05) is 33.1 Å². The molecule has 0 fully saturated rings. The maximum absolute atomic E-state index is 12.4. The molecule has 2 rings (SSSR count). The van der Waals surface area contributed by atoms with E-state index in [4.69, 9.17) is 21.1 Å². The van der Waals surface area contributed by atoms with Crippen LogP contribution in [0.4, 0.5) is 5.69 Å². The van der Waals surface area contributed by atoms with Crippen molar-refractivity contribution in [3.63, 3.8) is 0 Å². The molecule has 0 aromatic heterocycles. The zero-order chi connectivity index (χ0) is 18.4. The average Bonchev–Trinajstić information content (AvgIpc) is 2.60. The van der Waals surface area contributed by atoms with Gasteiger partial charge < -0.3 is 19.7 Å². The van der Waals surface area contributed by atoms with E-state index in [0.29, 0.717) is 27.8 Å². The Morgan fingerprint density at radius 2 is 1.80 bits per heavy atom. The number of hydrogen-bond donors (Lipinski definition) is 1. The van der Waals surface area contributed by atoms with Gasteiger partial charge in [-0.25, -0.2) is 0 Å². The predicted molar refractivity (Wildman–Crippen MR) is 96.6 cm³/mol. The fourth-order valence-corrected chi connectivity index (χ4v) is 2.14. The third-order valence-corrected chi connectivity index (χ3v) is 3.61. The zero-order valence-electron chi connectivity index (χ0n) is 14.2. The molecule has 0 unspecified atom stereocenters. The Bertz CT molecular complexity index is 760. The Kier molecular flexibility index (Phi) is 6.25. The number of methoxy groups -OCH3 is 1. The molecule has 2 aromatic rings. The molecular weight excluding hydrogens is 344 g/mol. The number of likely N-dealkylation sites (N-methyl/N-ethyl adjacent to an activating group) is 1. The van der Waals surface area contributed by atoms with E-state index in [2.05, 4.69) is 5.32 Å². The first-order chi connectivity index (χ1) is 11.9. The minimum atomic E-state index is -0.337. The molecule has 0 saturated heterocycles. The summed E-state index contributed by atoms with van der Waals surface area (Å²) >= 11 is 5.94. The van der Waals surface area contributed by atoms with Gasteiger partial charge in [0.2, 0.25) is 0 Å². The van der Waals surface area contributed by atoms with Gasteiger partial charge in [-0.3, -0.25) is 9.59 Å². The largest absolute Gasteiger partial charge is 0.496 e. The highest BCUT2D eigenvalue weighted by Crippen LogP contribution is 2.24. The first-order valence-corrected chi connectivity index (χ1v) is 7.86. The standard InChI is InChI=1S/C18H19ClN2O4/c1-21(2)17(22)11-25-14-7-5-13(6-8-14)20-18(23)15-10-12(19)4-9-16(15)24-3/h4-10H,11H2,1-3H3,(H,20,23). The second-order valence-corrected chi connectivity index (χ2v) is 5.84. The number of benzene rings is 2. The second kappa shape index (κ2) is 8.39. The van der Waals surface area contributed by atoms with Gasteiger partial charge >= 0.3 is 0 Å². The number of amides is 2. The molecule has 0 bridgehead atoms. The SMILES string of the molecule is COc1ccc(Cl)cc1C(=O)Nc1ccc(OCC(=O)N(C)C)cc1. The van der Waals surface area contributed by atoms with Crippen LogP contribution in [0.5, 0.6) is 11.5 Å². The molecule has 7 heteroatoms. The molecule has 1 N–H and O–H groups in total. The fraction of sp³-hybridized carbons (Fsp3) is 0.222. The van der Waals surface area contributed by atoms with E-state index < -0.39 is 0 Å². The average molecular weight is 363 g/mol. The Balaban J connectivity index is 2.02. The Morgan fingerprint density at radius 3 is 2.40 bits per heavy atom. The van der Waals surface area contributed by atoms with Crippen molar-refractivity contribution in [2.45, 2.75) is 0 Å². The van der Waals surface area contributed by atoms with Crippen molar-refractivity contribution in [2.24, 2.45) is 0 Å². The van der Waals surface area contributed by atoms with E-state index in [1.165, 1.54) is 12.0 Å². The molecule has 0 radical (unpaired) electrons. The highest BCUT2D eigenvalue weighted by Gasteiger charge is 2.13. The molecule has 0 aliphatic heterocycles. The van der Waals surface area contributed by atoms with Gasteiger partial charge in [0.15, 0.2) is 6.61 Å². The molecule has 0 aliphatic rings. The van der Waals surface area contributed by atoms with Crippen LogP contribution in [-0.2, 0) is 4.79 Å². The van der Waals surface area contributed by atoms with Crippen LogP contribution in [0.15, 0.2) is 42.5 Å². The number of nitrogens with zero attached hydrogens (tertiary/aromatic N) is 1. The third-order valence-electron chi connectivity index (χ3n) is 3.38. The molecule has 0 spiro atoms. The lowest BCUT2D eigenvalue weighted by Gasteiger charge is -2.12. The Labute approximate surface area is 151 Å². The van der Waals surface area contributed by atoms with Crippen LogP contribution in [-0.4, -0.2) is 44.5 Å². The van der Waals surface area contributed by atoms with E-state index in [1.807, 2.05) is 0 Å². The van der Waals surface area contributed by atoms with E-state index in [1.54, 1.807) is 56.6 Å². The van der Waals surface area contributed by atoms with Crippen molar-refractivity contribution in [3.05, 3.63) is 53.1 Å². The van der Waals surface area contributed by atoms with Crippen molar-refractivity contribution in [3.8, 4) is 11.5 Å². The first kappa shape index (κ1) is 18.6. The minimum absolute atomic E-state index is 0.0432. The summed E-state index contributed by atoms with van der Waals surface area (Å²) in [5.74, 6) is 0.499. The lowest BCUT2D eigenvalue weighted by atomic mass is 10.2. The van der Waals surface area contributed by atoms with Crippen LogP contribution >= 0.6 is 11.6 Å². The summed E-state index contributed by atoms with van der Waals surface area (Å²) in [5, 5.41) is 3.21. The summed E-state index contributed by atoms with van der Waals surface area (Å²) in [7, 11) is 4.81. The maximum atomic E-state index is 12.4. The van der Waals surface area contributed by atoms with E-state index >= 15 is 0 Å². The molecule has 25 heavy (non-hydrogen) atoms. The van der Waals surface area contributed by atoms with Crippen molar-refractivity contribution in [1.29, 1.82) is 0 Å². The summed E-state index contributed by atoms with van der Waals surface area (Å²) < 4.78 is 10.6. The van der Waals surface area contributed by atoms with Crippen molar-refractivity contribution < 1.29 is 19.1 Å². The number of carbonyl (C=O) groups excluding carboxylic acids is 2. The summed E-state index contributed by atoms with van der Waals surface area (Å²) in [6, 6.07) is 11.5. The smallest absolute Gasteiger partial charge is 0.259 e. The van der Waals surface area contributed by atoms with Crippen molar-refractivity contribution >= 4 is 29.1 Å². The number of hydrogen-bond acceptors (Lipinski definition) is 4. The molecule has 0 aliphatic carbocycles. The number of nitrogens with one attached hydrogen (secondary N) is 1. The lowest BCUT2D eigenvalue weighted by Crippen LogP contribution is -2.27. The Morgan fingerprint density at radius 1 is 1.12 bits per heavy atom. The van der Waals surface area contributed by atoms with Gasteiger partial charge in [0.25, 0.3) is 11.8 Å². The molecule has 132 valence electrons. The normalized spacial score (nSPS) is 10.1. The summed E-state index contributed by atoms with van der Waals surface area (Å²) in [6.07, 6.45) is 0. The Hall–Kier alpha value is -2.73. The van der Waals surface area contributed by atoms with Gasteiger partial charge in [0.05, 0.1) is 12.7 Å². The van der Waals surface area contributed by atoms with Gasteiger partial charge in [-0.2, -0.15) is 0 Å². The first-order valence-electron chi connectivity index (χ1n) is 7.48. The molecule has 0 saturated carbocycles. The van der Waals surface area contributed by atoms with E-state index in [0.717, 1.165) is 0 Å². The van der Waals surface area contributed by atoms with Gasteiger partial charge in [-0.15, -0.1) is 0 Å². The molecule has 0 heterocycles. The number of rotatable bonds is 6. The lowest BCUT2D eigenvalue weighted by molar-refractivity contribution is -0.130.